The molecule has 5 rings (SSSR count). The summed E-state index contributed by atoms with van der Waals surface area (Å²) >= 11 is 0. The summed E-state index contributed by atoms with van der Waals surface area (Å²) in [6, 6.07) is 14.3. The molecule has 1 aromatic heterocycles. The first-order valence-electron chi connectivity index (χ1n) is 12.1. The molecule has 3 aromatic rings. The van der Waals surface area contributed by atoms with Gasteiger partial charge in [0.1, 0.15) is 17.9 Å². The fourth-order valence-electron chi connectivity index (χ4n) is 4.66. The summed E-state index contributed by atoms with van der Waals surface area (Å²) in [6.45, 7) is 0.513. The van der Waals surface area contributed by atoms with Crippen LogP contribution in [0.5, 0.6) is 5.75 Å². The molecular formula is C27H26F3N3O3. The number of ether oxygens (including phenoxy) is 2. The highest BCUT2D eigenvalue weighted by atomic mass is 19.4. The summed E-state index contributed by atoms with van der Waals surface area (Å²) in [6.07, 6.45) is -0.0306. The van der Waals surface area contributed by atoms with Crippen LogP contribution in [0.4, 0.5) is 23.7 Å². The van der Waals surface area contributed by atoms with Crippen LogP contribution < -0.4 is 10.1 Å². The molecule has 0 saturated heterocycles. The van der Waals surface area contributed by atoms with Crippen molar-refractivity contribution in [2.24, 2.45) is 5.92 Å². The van der Waals surface area contributed by atoms with Gasteiger partial charge in [0, 0.05) is 23.2 Å². The van der Waals surface area contributed by atoms with E-state index in [-0.39, 0.29) is 17.9 Å². The Hall–Kier alpha value is -3.67. The molecule has 0 aliphatic heterocycles. The Morgan fingerprint density at radius 3 is 2.47 bits per heavy atom. The van der Waals surface area contributed by atoms with Gasteiger partial charge >= 0.3 is 12.3 Å². The number of fused-ring (bicyclic) bond motifs is 1. The average molecular weight is 498 g/mol. The molecule has 0 radical (unpaired) electrons. The van der Waals surface area contributed by atoms with Crippen LogP contribution in [0.15, 0.2) is 42.5 Å². The lowest BCUT2D eigenvalue weighted by molar-refractivity contribution is -0.153. The van der Waals surface area contributed by atoms with E-state index in [9.17, 15) is 23.2 Å². The van der Waals surface area contributed by atoms with Crippen molar-refractivity contribution in [3.8, 4) is 23.1 Å². The lowest BCUT2D eigenvalue weighted by atomic mass is 9.92. The van der Waals surface area contributed by atoms with E-state index in [0.717, 1.165) is 37.7 Å². The number of rotatable bonds is 7. The number of nitrogens with one attached hydrogen (secondary N) is 1. The molecule has 2 saturated carbocycles. The number of nitrogens with zero attached hydrogens (tertiary/aromatic N) is 2. The van der Waals surface area contributed by atoms with Crippen molar-refractivity contribution in [2.45, 2.75) is 57.3 Å². The summed E-state index contributed by atoms with van der Waals surface area (Å²) in [4.78, 5) is 12.2. The van der Waals surface area contributed by atoms with Crippen molar-refractivity contribution < 1.29 is 27.4 Å². The van der Waals surface area contributed by atoms with Crippen molar-refractivity contribution >= 4 is 22.7 Å². The molecule has 2 aliphatic rings. The third-order valence-electron chi connectivity index (χ3n) is 6.91. The molecule has 9 heteroatoms. The van der Waals surface area contributed by atoms with Crippen molar-refractivity contribution in [3.63, 3.8) is 0 Å². The van der Waals surface area contributed by atoms with E-state index in [1.807, 2.05) is 23.6 Å². The minimum Gasteiger partial charge on any atom is -0.484 e. The van der Waals surface area contributed by atoms with Crippen LogP contribution in [-0.2, 0) is 4.74 Å². The Bertz CT molecular complexity index is 1320. The van der Waals surface area contributed by atoms with E-state index in [0.29, 0.717) is 33.8 Å². The number of carbonyl (C=O) groups is 1. The maximum Gasteiger partial charge on any atom is 0.422 e. The van der Waals surface area contributed by atoms with Gasteiger partial charge in [-0.3, -0.25) is 5.32 Å². The Balaban J connectivity index is 1.46. The topological polar surface area (TPSA) is 76.3 Å². The fraction of sp³-hybridized carbons (Fsp3) is 0.407. The first kappa shape index (κ1) is 24.0. The summed E-state index contributed by atoms with van der Waals surface area (Å²) in [7, 11) is 0. The monoisotopic (exact) mass is 497 g/mol. The van der Waals surface area contributed by atoms with Crippen LogP contribution in [0.2, 0.25) is 0 Å². The highest BCUT2D eigenvalue weighted by molar-refractivity contribution is 5.96. The Labute approximate surface area is 206 Å². The predicted molar refractivity (Wildman–Crippen MR) is 129 cm³/mol. The molecule has 2 fully saturated rings. The van der Waals surface area contributed by atoms with Crippen LogP contribution >= 0.6 is 0 Å². The first-order chi connectivity index (χ1) is 17.2. The molecule has 0 spiro atoms. The summed E-state index contributed by atoms with van der Waals surface area (Å²) in [5.41, 5.74) is 3.18. The molecule has 1 N–H and O–H groups in total. The van der Waals surface area contributed by atoms with E-state index >= 15 is 0 Å². The third-order valence-corrected chi connectivity index (χ3v) is 6.91. The van der Waals surface area contributed by atoms with Gasteiger partial charge in [0.15, 0.2) is 6.61 Å². The summed E-state index contributed by atoms with van der Waals surface area (Å²) in [5.74, 6) is 0.544. The maximum absolute atomic E-state index is 12.7. The number of benzene rings is 2. The number of hydrogen-bond donors (Lipinski definition) is 1. The first-order valence-corrected chi connectivity index (χ1v) is 12.1. The molecule has 0 unspecified atom stereocenters. The molecule has 2 aromatic carbocycles. The van der Waals surface area contributed by atoms with Crippen molar-refractivity contribution in [2.75, 3.05) is 11.9 Å². The van der Waals surface area contributed by atoms with Gasteiger partial charge in [0.05, 0.1) is 16.8 Å². The number of alkyl halides is 3. The quantitative estimate of drug-likeness (QED) is 0.375. The van der Waals surface area contributed by atoms with Gasteiger partial charge in [-0.2, -0.15) is 18.4 Å². The Morgan fingerprint density at radius 2 is 1.89 bits per heavy atom. The zero-order valence-electron chi connectivity index (χ0n) is 19.8. The van der Waals surface area contributed by atoms with E-state index in [1.165, 1.54) is 6.07 Å². The molecule has 188 valence electrons. The number of aromatic nitrogens is 1. The van der Waals surface area contributed by atoms with Crippen molar-refractivity contribution in [3.05, 3.63) is 48.0 Å². The minimum atomic E-state index is -4.44. The van der Waals surface area contributed by atoms with Crippen LogP contribution in [0.1, 0.15) is 50.6 Å². The Kier molecular flexibility index (Phi) is 6.29. The van der Waals surface area contributed by atoms with Gasteiger partial charge in [-0.1, -0.05) is 12.1 Å². The van der Waals surface area contributed by atoms with E-state index in [4.69, 9.17) is 9.47 Å². The minimum absolute atomic E-state index is 0.104. The molecular weight excluding hydrogens is 471 g/mol. The van der Waals surface area contributed by atoms with Gasteiger partial charge < -0.3 is 14.0 Å². The lowest BCUT2D eigenvalue weighted by Gasteiger charge is -2.30. The van der Waals surface area contributed by atoms with E-state index in [2.05, 4.69) is 11.4 Å². The SMILES string of the molecule is C[C@@H](OC(=O)Nc1ccc(-c2c(C#N)c3ccc(OCC(F)(F)F)cc3n2C2CCC2)cc1)C1CC1. The highest BCUT2D eigenvalue weighted by Crippen LogP contribution is 2.43. The zero-order chi connectivity index (χ0) is 25.4. The molecule has 1 amide bonds. The molecule has 36 heavy (non-hydrogen) atoms. The summed E-state index contributed by atoms with van der Waals surface area (Å²) < 4.78 is 50.5. The summed E-state index contributed by atoms with van der Waals surface area (Å²) in [5, 5.41) is 13.4. The molecule has 6 nitrogen and oxygen atoms in total. The van der Waals surface area contributed by atoms with Gasteiger partial charge in [-0.15, -0.1) is 0 Å². The van der Waals surface area contributed by atoms with E-state index in [1.54, 1.807) is 24.3 Å². The number of anilines is 1. The van der Waals surface area contributed by atoms with E-state index < -0.39 is 18.9 Å². The molecule has 2 aliphatic carbocycles. The second kappa shape index (κ2) is 9.41. The molecule has 0 bridgehead atoms. The Morgan fingerprint density at radius 1 is 1.17 bits per heavy atom. The van der Waals surface area contributed by atoms with Crippen LogP contribution in [0.3, 0.4) is 0 Å². The zero-order valence-corrected chi connectivity index (χ0v) is 19.8. The van der Waals surface area contributed by atoms with Crippen molar-refractivity contribution in [1.82, 2.24) is 4.57 Å². The second-order valence-corrected chi connectivity index (χ2v) is 9.52. The van der Waals surface area contributed by atoms with Gasteiger partial charge in [0.2, 0.25) is 0 Å². The average Bonchev–Trinajstić information content (AvgIpc) is 3.60. The van der Waals surface area contributed by atoms with Crippen molar-refractivity contribution in [1.29, 1.82) is 5.26 Å². The van der Waals surface area contributed by atoms with Crippen LogP contribution in [-0.4, -0.2) is 29.5 Å². The molecule has 1 atom stereocenters. The smallest absolute Gasteiger partial charge is 0.422 e. The number of nitriles is 1. The fourth-order valence-corrected chi connectivity index (χ4v) is 4.66. The number of amides is 1. The predicted octanol–water partition coefficient (Wildman–Crippen LogP) is 7.19. The maximum atomic E-state index is 12.7. The number of halogens is 3. The van der Waals surface area contributed by atoms with Gasteiger partial charge in [-0.25, -0.2) is 4.79 Å². The molecule has 1 heterocycles. The van der Waals surface area contributed by atoms with Gasteiger partial charge in [-0.05, 0) is 74.8 Å². The standard InChI is InChI=1S/C27H26F3N3O3/c1-16(17-5-6-17)36-26(34)32-19-9-7-18(8-10-19)25-23(14-31)22-12-11-21(35-15-27(28,29)30)13-24(22)33(25)20-3-2-4-20/h7-13,16-17,20H,2-6,15H2,1H3,(H,32,34)/t16-/m1/s1. The number of hydrogen-bond acceptors (Lipinski definition) is 4. The van der Waals surface area contributed by atoms with Gasteiger partial charge in [0.25, 0.3) is 0 Å². The second-order valence-electron chi connectivity index (χ2n) is 9.52. The number of carbonyl (C=O) groups excluding carboxylic acids is 1. The lowest BCUT2D eigenvalue weighted by Crippen LogP contribution is -2.21. The van der Waals surface area contributed by atoms with Crippen LogP contribution in [0.25, 0.3) is 22.2 Å². The third kappa shape index (κ3) is 4.99. The largest absolute Gasteiger partial charge is 0.484 e. The highest BCUT2D eigenvalue weighted by Gasteiger charge is 2.31. The normalized spacial score (nSPS) is 16.8. The van der Waals surface area contributed by atoms with Crippen LogP contribution in [0, 0.1) is 17.2 Å².